The molecular weight excluding hydrogens is 418 g/mol. The van der Waals surface area contributed by atoms with E-state index in [9.17, 15) is 14.4 Å². The number of para-hydroxylation sites is 1. The molecule has 0 saturated carbocycles. The molecule has 8 nitrogen and oxygen atoms in total. The summed E-state index contributed by atoms with van der Waals surface area (Å²) in [5.74, 6) is 0.541. The number of anilines is 2. The lowest BCUT2D eigenvalue weighted by molar-refractivity contribution is -0.125. The van der Waals surface area contributed by atoms with Gasteiger partial charge in [-0.05, 0) is 50.7 Å². The molecule has 8 heteroatoms. The standard InChI is InChI=1S/C25H35N5O3/c1-3-30-22(17-23(31)27(2)25(30)33)29-15-7-11-20(18-29)24(32)26-13-8-16-28-14-6-10-19-9-4-5-12-21(19)28/h4-5,9,12,17,20H,3,6-8,10-11,13-16,18H2,1-2H3,(H,26,32)/t20-/m0/s1. The summed E-state index contributed by atoms with van der Waals surface area (Å²) in [6.45, 7) is 6.30. The van der Waals surface area contributed by atoms with Gasteiger partial charge in [0, 0.05) is 58.1 Å². The zero-order chi connectivity index (χ0) is 23.4. The van der Waals surface area contributed by atoms with Gasteiger partial charge in [0.05, 0.1) is 5.92 Å². The molecule has 178 valence electrons. The summed E-state index contributed by atoms with van der Waals surface area (Å²) in [5, 5.41) is 3.12. The fourth-order valence-corrected chi connectivity index (χ4v) is 5.09. The van der Waals surface area contributed by atoms with Gasteiger partial charge < -0.3 is 15.1 Å². The fourth-order valence-electron chi connectivity index (χ4n) is 5.09. The Kier molecular flexibility index (Phi) is 7.20. The second-order valence-electron chi connectivity index (χ2n) is 9.08. The van der Waals surface area contributed by atoms with E-state index < -0.39 is 0 Å². The van der Waals surface area contributed by atoms with Gasteiger partial charge >= 0.3 is 5.69 Å². The van der Waals surface area contributed by atoms with Crippen molar-refractivity contribution < 1.29 is 4.79 Å². The van der Waals surface area contributed by atoms with Crippen LogP contribution in [0.2, 0.25) is 0 Å². The van der Waals surface area contributed by atoms with E-state index in [0.717, 1.165) is 49.9 Å². The molecule has 1 amide bonds. The molecule has 0 unspecified atom stereocenters. The summed E-state index contributed by atoms with van der Waals surface area (Å²) in [7, 11) is 1.50. The predicted molar refractivity (Wildman–Crippen MR) is 131 cm³/mol. The summed E-state index contributed by atoms with van der Waals surface area (Å²) in [5.41, 5.74) is 2.11. The molecule has 1 aromatic carbocycles. The molecule has 33 heavy (non-hydrogen) atoms. The Labute approximate surface area is 194 Å². The SMILES string of the molecule is CCn1c(N2CCC[C@H](C(=O)NCCCN3CCCc4ccccc43)C2)cc(=O)n(C)c1=O. The van der Waals surface area contributed by atoms with Crippen molar-refractivity contribution in [3.63, 3.8) is 0 Å². The molecule has 0 bridgehead atoms. The van der Waals surface area contributed by atoms with E-state index in [-0.39, 0.29) is 23.1 Å². The first-order valence-corrected chi connectivity index (χ1v) is 12.2. The second-order valence-corrected chi connectivity index (χ2v) is 9.08. The number of rotatable bonds is 7. The van der Waals surface area contributed by atoms with Gasteiger partial charge in [0.1, 0.15) is 5.82 Å². The zero-order valence-corrected chi connectivity index (χ0v) is 19.8. The molecule has 2 aromatic rings. The lowest BCUT2D eigenvalue weighted by atomic mass is 9.97. The number of nitrogens with zero attached hydrogens (tertiary/aromatic N) is 4. The Balaban J connectivity index is 1.32. The first-order chi connectivity index (χ1) is 16.0. The monoisotopic (exact) mass is 453 g/mol. The van der Waals surface area contributed by atoms with Crippen LogP contribution < -0.4 is 26.4 Å². The quantitative estimate of drug-likeness (QED) is 0.646. The molecule has 1 atom stereocenters. The van der Waals surface area contributed by atoms with Gasteiger partial charge in [0.2, 0.25) is 5.91 Å². The van der Waals surface area contributed by atoms with Crippen molar-refractivity contribution in [2.75, 3.05) is 42.5 Å². The number of amides is 1. The van der Waals surface area contributed by atoms with E-state index >= 15 is 0 Å². The van der Waals surface area contributed by atoms with Gasteiger partial charge in [-0.2, -0.15) is 0 Å². The molecule has 0 spiro atoms. The third-order valence-corrected chi connectivity index (χ3v) is 6.92. The first kappa shape index (κ1) is 23.1. The van der Waals surface area contributed by atoms with Gasteiger partial charge in [-0.1, -0.05) is 18.2 Å². The van der Waals surface area contributed by atoms with Crippen molar-refractivity contribution in [1.29, 1.82) is 0 Å². The van der Waals surface area contributed by atoms with Crippen LogP contribution in [0.15, 0.2) is 39.9 Å². The van der Waals surface area contributed by atoms with Crippen LogP contribution in [0.5, 0.6) is 0 Å². The lowest BCUT2D eigenvalue weighted by Gasteiger charge is -2.35. The summed E-state index contributed by atoms with van der Waals surface area (Å²) in [4.78, 5) is 42.0. The van der Waals surface area contributed by atoms with Crippen molar-refractivity contribution in [3.8, 4) is 0 Å². The fraction of sp³-hybridized carbons (Fsp3) is 0.560. The van der Waals surface area contributed by atoms with E-state index in [0.29, 0.717) is 25.5 Å². The Morgan fingerprint density at radius 2 is 1.97 bits per heavy atom. The van der Waals surface area contributed by atoms with E-state index in [1.54, 1.807) is 4.57 Å². The average Bonchev–Trinajstić information content (AvgIpc) is 2.85. The maximum atomic E-state index is 12.9. The Morgan fingerprint density at radius 3 is 2.79 bits per heavy atom. The number of fused-ring (bicyclic) bond motifs is 1. The molecule has 1 aromatic heterocycles. The third-order valence-electron chi connectivity index (χ3n) is 6.92. The third kappa shape index (κ3) is 4.99. The molecule has 1 fully saturated rings. The van der Waals surface area contributed by atoms with Crippen molar-refractivity contribution in [2.45, 2.75) is 45.6 Å². The minimum Gasteiger partial charge on any atom is -0.371 e. The van der Waals surface area contributed by atoms with E-state index in [2.05, 4.69) is 34.5 Å². The van der Waals surface area contributed by atoms with Crippen LogP contribution in [0.1, 0.15) is 38.2 Å². The van der Waals surface area contributed by atoms with Crippen molar-refractivity contribution in [1.82, 2.24) is 14.5 Å². The molecule has 1 N–H and O–H groups in total. The molecule has 3 heterocycles. The van der Waals surface area contributed by atoms with Crippen molar-refractivity contribution in [3.05, 3.63) is 56.7 Å². The molecule has 4 rings (SSSR count). The molecule has 1 saturated heterocycles. The van der Waals surface area contributed by atoms with E-state index in [4.69, 9.17) is 0 Å². The summed E-state index contributed by atoms with van der Waals surface area (Å²) >= 11 is 0. The van der Waals surface area contributed by atoms with Gasteiger partial charge in [-0.3, -0.25) is 18.7 Å². The minimum atomic E-state index is -0.314. The van der Waals surface area contributed by atoms with Crippen LogP contribution in [0.4, 0.5) is 11.5 Å². The highest BCUT2D eigenvalue weighted by Crippen LogP contribution is 2.26. The van der Waals surface area contributed by atoms with Gasteiger partial charge in [-0.25, -0.2) is 4.79 Å². The van der Waals surface area contributed by atoms with Gasteiger partial charge in [0.15, 0.2) is 0 Å². The smallest absolute Gasteiger partial charge is 0.332 e. The molecular formula is C25H35N5O3. The summed E-state index contributed by atoms with van der Waals surface area (Å²) in [6, 6.07) is 10.1. The average molecular weight is 454 g/mol. The number of aromatic nitrogens is 2. The van der Waals surface area contributed by atoms with E-state index in [1.807, 2.05) is 11.8 Å². The number of piperidine rings is 1. The van der Waals surface area contributed by atoms with Crippen LogP contribution >= 0.6 is 0 Å². The summed E-state index contributed by atoms with van der Waals surface area (Å²) in [6.07, 6.45) is 4.90. The Hall–Kier alpha value is -3.03. The van der Waals surface area contributed by atoms with Crippen molar-refractivity contribution in [2.24, 2.45) is 13.0 Å². The number of benzene rings is 1. The Morgan fingerprint density at radius 1 is 1.15 bits per heavy atom. The number of carbonyl (C=O) groups excluding carboxylic acids is 1. The number of hydrogen-bond donors (Lipinski definition) is 1. The van der Waals surface area contributed by atoms with Gasteiger partial charge in [-0.15, -0.1) is 0 Å². The number of carbonyl (C=O) groups is 1. The van der Waals surface area contributed by atoms with Crippen LogP contribution in [0, 0.1) is 5.92 Å². The maximum Gasteiger partial charge on any atom is 0.332 e. The van der Waals surface area contributed by atoms with Crippen LogP contribution in [0.25, 0.3) is 0 Å². The van der Waals surface area contributed by atoms with Crippen molar-refractivity contribution >= 4 is 17.4 Å². The highest BCUT2D eigenvalue weighted by molar-refractivity contribution is 5.79. The van der Waals surface area contributed by atoms with Crippen LogP contribution in [-0.4, -0.2) is 47.8 Å². The Bertz CT molecular complexity index is 1110. The molecule has 2 aliphatic heterocycles. The molecule has 0 radical (unpaired) electrons. The highest BCUT2D eigenvalue weighted by atomic mass is 16.2. The topological polar surface area (TPSA) is 79.6 Å². The minimum absolute atomic E-state index is 0.0629. The first-order valence-electron chi connectivity index (χ1n) is 12.2. The van der Waals surface area contributed by atoms with E-state index in [1.165, 1.54) is 30.8 Å². The largest absolute Gasteiger partial charge is 0.371 e. The highest BCUT2D eigenvalue weighted by Gasteiger charge is 2.27. The predicted octanol–water partition coefficient (Wildman–Crippen LogP) is 1.74. The summed E-state index contributed by atoms with van der Waals surface area (Å²) < 4.78 is 2.74. The van der Waals surface area contributed by atoms with Gasteiger partial charge in [0.25, 0.3) is 5.56 Å². The number of aryl methyl sites for hydroxylation is 1. The van der Waals surface area contributed by atoms with Crippen LogP contribution in [0.3, 0.4) is 0 Å². The molecule has 0 aliphatic carbocycles. The lowest BCUT2D eigenvalue weighted by Crippen LogP contribution is -2.47. The molecule has 2 aliphatic rings. The second kappa shape index (κ2) is 10.3. The normalized spacial score (nSPS) is 18.2. The number of hydrogen-bond acceptors (Lipinski definition) is 5. The number of nitrogens with one attached hydrogen (secondary N) is 1. The maximum absolute atomic E-state index is 12.9. The zero-order valence-electron chi connectivity index (χ0n) is 19.8. The van der Waals surface area contributed by atoms with Crippen LogP contribution in [-0.2, 0) is 24.8 Å².